The largest absolute Gasteiger partial charge is 0.351 e. The van der Waals surface area contributed by atoms with E-state index in [1.807, 2.05) is 6.26 Å². The molecule has 5 heteroatoms. The summed E-state index contributed by atoms with van der Waals surface area (Å²) in [5.41, 5.74) is 0. The smallest absolute Gasteiger partial charge is 0.315 e. The minimum absolute atomic E-state index is 0.351. The highest BCUT2D eigenvalue weighted by atomic mass is 32.2. The highest BCUT2D eigenvalue weighted by Gasteiger charge is 2.12. The molecule has 0 aromatic heterocycles. The van der Waals surface area contributed by atoms with Gasteiger partial charge >= 0.3 is 6.43 Å². The van der Waals surface area contributed by atoms with Crippen LogP contribution >= 0.6 is 11.8 Å². The lowest BCUT2D eigenvalue weighted by Gasteiger charge is -2.02. The second kappa shape index (κ2) is 7.34. The molecule has 0 unspecified atom stereocenters. The van der Waals surface area contributed by atoms with Gasteiger partial charge in [-0.15, -0.1) is 0 Å². The van der Waals surface area contributed by atoms with Crippen LogP contribution in [-0.4, -0.2) is 30.9 Å². The van der Waals surface area contributed by atoms with Crippen LogP contribution in [0.3, 0.4) is 0 Å². The molecule has 0 aromatic carbocycles. The van der Waals surface area contributed by atoms with Crippen LogP contribution in [0.4, 0.5) is 8.78 Å². The summed E-state index contributed by atoms with van der Waals surface area (Å²) in [6.07, 6.45) is 0.812. The maximum Gasteiger partial charge on any atom is 0.315 e. The summed E-state index contributed by atoms with van der Waals surface area (Å²) in [5.74, 6) is -0.163. The Hall–Kier alpha value is -0.320. The van der Waals surface area contributed by atoms with Gasteiger partial charge in [-0.25, -0.2) is 0 Å². The van der Waals surface area contributed by atoms with Gasteiger partial charge in [-0.05, 0) is 24.9 Å². The third kappa shape index (κ3) is 6.39. The summed E-state index contributed by atoms with van der Waals surface area (Å²) < 4.78 is 23.2. The van der Waals surface area contributed by atoms with Crippen molar-refractivity contribution in [2.24, 2.45) is 0 Å². The van der Waals surface area contributed by atoms with Crippen LogP contribution < -0.4 is 5.32 Å². The summed E-state index contributed by atoms with van der Waals surface area (Å²) in [7, 11) is 0. The molecule has 1 N–H and O–H groups in total. The summed E-state index contributed by atoms with van der Waals surface area (Å²) in [6.45, 7) is 0.351. The van der Waals surface area contributed by atoms with Crippen LogP contribution in [0.5, 0.6) is 0 Å². The number of halogens is 2. The molecule has 0 fully saturated rings. The summed E-state index contributed by atoms with van der Waals surface area (Å²) >= 11 is 1.71. The van der Waals surface area contributed by atoms with Crippen molar-refractivity contribution < 1.29 is 13.6 Å². The van der Waals surface area contributed by atoms with Crippen LogP contribution in [0, 0.1) is 0 Å². The number of rotatable bonds is 6. The average molecular weight is 197 g/mol. The van der Waals surface area contributed by atoms with Crippen molar-refractivity contribution >= 4 is 17.7 Å². The molecule has 0 aromatic rings. The van der Waals surface area contributed by atoms with Crippen LogP contribution in [0.1, 0.15) is 12.8 Å². The summed E-state index contributed by atoms with van der Waals surface area (Å²) in [6, 6.07) is 0. The Labute approximate surface area is 75.1 Å². The van der Waals surface area contributed by atoms with E-state index in [-0.39, 0.29) is 0 Å². The van der Waals surface area contributed by atoms with Crippen molar-refractivity contribution in [2.75, 3.05) is 18.6 Å². The molecule has 0 saturated carbocycles. The maximum atomic E-state index is 11.6. The Morgan fingerprint density at radius 3 is 2.67 bits per heavy atom. The van der Waals surface area contributed by atoms with Gasteiger partial charge < -0.3 is 5.32 Å². The number of hydrogen-bond donors (Lipinski definition) is 1. The molecular formula is C7H13F2NOS. The molecule has 2 nitrogen and oxygen atoms in total. The van der Waals surface area contributed by atoms with E-state index >= 15 is 0 Å². The van der Waals surface area contributed by atoms with Crippen LogP contribution in [0.25, 0.3) is 0 Å². The molecule has 0 aliphatic rings. The predicted molar refractivity (Wildman–Crippen MR) is 46.6 cm³/mol. The van der Waals surface area contributed by atoms with Crippen molar-refractivity contribution in [3.8, 4) is 0 Å². The fourth-order valence-electron chi connectivity index (χ4n) is 0.660. The van der Waals surface area contributed by atoms with Crippen molar-refractivity contribution in [1.82, 2.24) is 5.32 Å². The molecule has 0 rings (SSSR count). The SMILES string of the molecule is CSCCCCNC(=O)C(F)F. The number of amides is 1. The summed E-state index contributed by atoms with van der Waals surface area (Å²) in [4.78, 5) is 10.3. The van der Waals surface area contributed by atoms with E-state index < -0.39 is 12.3 Å². The van der Waals surface area contributed by atoms with E-state index in [1.54, 1.807) is 11.8 Å². The fourth-order valence-corrected chi connectivity index (χ4v) is 1.15. The van der Waals surface area contributed by atoms with Crippen LogP contribution in [-0.2, 0) is 4.79 Å². The molecule has 0 atom stereocenters. The molecule has 0 bridgehead atoms. The zero-order valence-electron chi connectivity index (χ0n) is 6.98. The van der Waals surface area contributed by atoms with Crippen molar-refractivity contribution in [3.05, 3.63) is 0 Å². The molecule has 1 amide bonds. The molecular weight excluding hydrogens is 184 g/mol. The lowest BCUT2D eigenvalue weighted by atomic mass is 10.3. The van der Waals surface area contributed by atoms with Gasteiger partial charge in [0, 0.05) is 6.54 Å². The van der Waals surface area contributed by atoms with Gasteiger partial charge in [-0.2, -0.15) is 20.5 Å². The lowest BCUT2D eigenvalue weighted by molar-refractivity contribution is -0.131. The number of thioether (sulfide) groups is 1. The van der Waals surface area contributed by atoms with Gasteiger partial charge in [0.2, 0.25) is 0 Å². The first kappa shape index (κ1) is 11.7. The number of carbonyl (C=O) groups is 1. The zero-order valence-corrected chi connectivity index (χ0v) is 7.79. The van der Waals surface area contributed by atoms with E-state index in [9.17, 15) is 13.6 Å². The first-order valence-corrected chi connectivity index (χ1v) is 5.12. The van der Waals surface area contributed by atoms with Gasteiger partial charge in [-0.1, -0.05) is 0 Å². The minimum Gasteiger partial charge on any atom is -0.351 e. The number of alkyl halides is 2. The summed E-state index contributed by atoms with van der Waals surface area (Å²) in [5, 5.41) is 2.14. The van der Waals surface area contributed by atoms with E-state index in [4.69, 9.17) is 0 Å². The number of unbranched alkanes of at least 4 members (excludes halogenated alkanes) is 1. The quantitative estimate of drug-likeness (QED) is 0.654. The molecule has 0 spiro atoms. The first-order chi connectivity index (χ1) is 5.68. The molecule has 0 radical (unpaired) electrons. The monoisotopic (exact) mass is 197 g/mol. The third-order valence-corrected chi connectivity index (χ3v) is 1.97. The Bertz CT molecular complexity index is 133. The average Bonchev–Trinajstić information content (AvgIpc) is 2.03. The van der Waals surface area contributed by atoms with Crippen LogP contribution in [0.2, 0.25) is 0 Å². The highest BCUT2D eigenvalue weighted by Crippen LogP contribution is 1.98. The van der Waals surface area contributed by atoms with Crippen molar-refractivity contribution in [2.45, 2.75) is 19.3 Å². The van der Waals surface area contributed by atoms with Gasteiger partial charge in [0.05, 0.1) is 0 Å². The van der Waals surface area contributed by atoms with Gasteiger partial charge in [0.15, 0.2) is 0 Å². The van der Waals surface area contributed by atoms with Crippen molar-refractivity contribution in [3.63, 3.8) is 0 Å². The molecule has 0 aliphatic heterocycles. The normalized spacial score (nSPS) is 10.3. The Morgan fingerprint density at radius 2 is 2.17 bits per heavy atom. The molecule has 0 heterocycles. The lowest BCUT2D eigenvalue weighted by Crippen LogP contribution is -2.30. The zero-order chi connectivity index (χ0) is 9.40. The molecule has 0 saturated heterocycles. The predicted octanol–water partition coefficient (Wildman–Crippen LogP) is 1.51. The molecule has 12 heavy (non-hydrogen) atoms. The number of nitrogens with one attached hydrogen (secondary N) is 1. The number of carbonyl (C=O) groups excluding carboxylic acids is 1. The van der Waals surface area contributed by atoms with E-state index in [0.29, 0.717) is 6.54 Å². The second-order valence-corrected chi connectivity index (χ2v) is 3.28. The maximum absolute atomic E-state index is 11.6. The van der Waals surface area contributed by atoms with Crippen molar-refractivity contribution in [1.29, 1.82) is 0 Å². The molecule has 72 valence electrons. The molecule has 0 aliphatic carbocycles. The Kier molecular flexibility index (Phi) is 7.14. The minimum atomic E-state index is -2.88. The second-order valence-electron chi connectivity index (χ2n) is 2.29. The standard InChI is InChI=1S/C7H13F2NOS/c1-12-5-3-2-4-10-7(11)6(8)9/h6H,2-5H2,1H3,(H,10,11). The highest BCUT2D eigenvalue weighted by molar-refractivity contribution is 7.98. The number of hydrogen-bond acceptors (Lipinski definition) is 2. The topological polar surface area (TPSA) is 29.1 Å². The Morgan fingerprint density at radius 1 is 1.50 bits per heavy atom. The fraction of sp³-hybridized carbons (Fsp3) is 0.857. The van der Waals surface area contributed by atoms with E-state index in [0.717, 1.165) is 18.6 Å². The third-order valence-electron chi connectivity index (χ3n) is 1.27. The first-order valence-electron chi connectivity index (χ1n) is 3.73. The van der Waals surface area contributed by atoms with Gasteiger partial charge in [0.25, 0.3) is 5.91 Å². The van der Waals surface area contributed by atoms with Gasteiger partial charge in [-0.3, -0.25) is 4.79 Å². The van der Waals surface area contributed by atoms with E-state index in [1.165, 1.54) is 0 Å². The Balaban J connectivity index is 3.14. The van der Waals surface area contributed by atoms with Crippen LogP contribution in [0.15, 0.2) is 0 Å². The van der Waals surface area contributed by atoms with Gasteiger partial charge in [0.1, 0.15) is 0 Å². The van der Waals surface area contributed by atoms with E-state index in [2.05, 4.69) is 5.32 Å².